The van der Waals surface area contributed by atoms with Crippen LogP contribution in [0.15, 0.2) is 48.9 Å². The summed E-state index contributed by atoms with van der Waals surface area (Å²) in [6.07, 6.45) is 4.96. The minimum atomic E-state index is -0.174. The molecule has 0 spiro atoms. The molecule has 1 amide bonds. The summed E-state index contributed by atoms with van der Waals surface area (Å²) in [6, 6.07) is 10.0. The van der Waals surface area contributed by atoms with Crippen LogP contribution in [0.5, 0.6) is 0 Å². The Labute approximate surface area is 138 Å². The second-order valence-electron chi connectivity index (χ2n) is 5.20. The fourth-order valence-corrected chi connectivity index (χ4v) is 2.35. The molecule has 2 heterocycles. The van der Waals surface area contributed by atoms with Crippen molar-refractivity contribution in [3.63, 3.8) is 0 Å². The summed E-state index contributed by atoms with van der Waals surface area (Å²) >= 11 is 5.93. The van der Waals surface area contributed by atoms with Crippen LogP contribution in [-0.2, 0) is 17.9 Å². The number of anilines is 1. The van der Waals surface area contributed by atoms with Crippen molar-refractivity contribution in [2.45, 2.75) is 20.0 Å². The average Bonchev–Trinajstić information content (AvgIpc) is 3.10. The molecule has 118 valence electrons. The molecule has 0 saturated heterocycles. The summed E-state index contributed by atoms with van der Waals surface area (Å²) < 4.78 is 3.34. The highest BCUT2D eigenvalue weighted by Gasteiger charge is 2.10. The number of carbonyl (C=O) groups is 1. The Kier molecular flexibility index (Phi) is 4.43. The fourth-order valence-electron chi connectivity index (χ4n) is 2.20. The molecule has 0 radical (unpaired) electrons. The SMILES string of the molecule is Cc1c(Cl)cnn1CC(=O)Nc1cnn(Cc2ccccc2)c1. The standard InChI is InChI=1S/C16H16ClN5O/c1-12-15(17)8-19-22(12)11-16(23)20-14-7-18-21(10-14)9-13-5-3-2-4-6-13/h2-8,10H,9,11H2,1H3,(H,20,23). The number of carbonyl (C=O) groups excluding carboxylic acids is 1. The minimum Gasteiger partial charge on any atom is -0.322 e. The van der Waals surface area contributed by atoms with Gasteiger partial charge in [0.25, 0.3) is 0 Å². The number of rotatable bonds is 5. The third-order valence-electron chi connectivity index (χ3n) is 3.44. The minimum absolute atomic E-state index is 0.114. The van der Waals surface area contributed by atoms with E-state index < -0.39 is 0 Å². The summed E-state index contributed by atoms with van der Waals surface area (Å²) in [5, 5.41) is 11.7. The molecule has 0 aliphatic rings. The Morgan fingerprint density at radius 1 is 1.22 bits per heavy atom. The predicted octanol–water partition coefficient (Wildman–Crippen LogP) is 2.73. The summed E-state index contributed by atoms with van der Waals surface area (Å²) in [7, 11) is 0. The Morgan fingerprint density at radius 2 is 2.00 bits per heavy atom. The largest absolute Gasteiger partial charge is 0.322 e. The van der Waals surface area contributed by atoms with Crippen LogP contribution in [0.25, 0.3) is 0 Å². The molecule has 0 atom stereocenters. The second-order valence-corrected chi connectivity index (χ2v) is 5.60. The molecule has 0 aliphatic heterocycles. The number of hydrogen-bond donors (Lipinski definition) is 1. The van der Waals surface area contributed by atoms with Gasteiger partial charge >= 0.3 is 0 Å². The highest BCUT2D eigenvalue weighted by atomic mass is 35.5. The van der Waals surface area contributed by atoms with Crippen LogP contribution in [0.4, 0.5) is 5.69 Å². The molecular weight excluding hydrogens is 314 g/mol. The lowest BCUT2D eigenvalue weighted by Crippen LogP contribution is -2.20. The zero-order chi connectivity index (χ0) is 16.2. The first-order valence-corrected chi connectivity index (χ1v) is 7.54. The maximum atomic E-state index is 12.1. The van der Waals surface area contributed by atoms with Crippen LogP contribution in [0.3, 0.4) is 0 Å². The number of nitrogens with zero attached hydrogens (tertiary/aromatic N) is 4. The van der Waals surface area contributed by atoms with Crippen molar-refractivity contribution in [3.8, 4) is 0 Å². The van der Waals surface area contributed by atoms with E-state index in [0.717, 1.165) is 11.3 Å². The van der Waals surface area contributed by atoms with Gasteiger partial charge in [-0.3, -0.25) is 14.2 Å². The van der Waals surface area contributed by atoms with Gasteiger partial charge in [0.15, 0.2) is 0 Å². The maximum absolute atomic E-state index is 12.1. The van der Waals surface area contributed by atoms with E-state index in [1.165, 1.54) is 6.20 Å². The number of nitrogens with one attached hydrogen (secondary N) is 1. The molecule has 1 N–H and O–H groups in total. The zero-order valence-electron chi connectivity index (χ0n) is 12.6. The summed E-state index contributed by atoms with van der Waals surface area (Å²) in [6.45, 7) is 2.59. The van der Waals surface area contributed by atoms with Crippen LogP contribution in [0, 0.1) is 6.92 Å². The molecule has 0 unspecified atom stereocenters. The fraction of sp³-hybridized carbons (Fsp3) is 0.188. The van der Waals surface area contributed by atoms with Crippen LogP contribution in [-0.4, -0.2) is 25.5 Å². The third kappa shape index (κ3) is 3.78. The first kappa shape index (κ1) is 15.3. The molecule has 0 aliphatic carbocycles. The number of halogens is 1. The molecule has 23 heavy (non-hydrogen) atoms. The van der Waals surface area contributed by atoms with Gasteiger partial charge in [-0.25, -0.2) is 0 Å². The first-order valence-electron chi connectivity index (χ1n) is 7.16. The van der Waals surface area contributed by atoms with Gasteiger partial charge in [-0.05, 0) is 12.5 Å². The van der Waals surface area contributed by atoms with Crippen molar-refractivity contribution in [3.05, 3.63) is 65.2 Å². The molecule has 6 nitrogen and oxygen atoms in total. The Bertz CT molecular complexity index is 809. The smallest absolute Gasteiger partial charge is 0.246 e. The Balaban J connectivity index is 1.60. The van der Waals surface area contributed by atoms with Gasteiger partial charge in [0, 0.05) is 6.20 Å². The van der Waals surface area contributed by atoms with Crippen molar-refractivity contribution in [2.75, 3.05) is 5.32 Å². The van der Waals surface area contributed by atoms with Crippen molar-refractivity contribution in [1.82, 2.24) is 19.6 Å². The molecule has 0 fully saturated rings. The third-order valence-corrected chi connectivity index (χ3v) is 3.81. The van der Waals surface area contributed by atoms with Crippen LogP contribution in [0.1, 0.15) is 11.3 Å². The number of aromatic nitrogens is 4. The number of amides is 1. The van der Waals surface area contributed by atoms with E-state index >= 15 is 0 Å². The highest BCUT2D eigenvalue weighted by molar-refractivity contribution is 6.31. The van der Waals surface area contributed by atoms with Crippen molar-refractivity contribution in [1.29, 1.82) is 0 Å². The van der Waals surface area contributed by atoms with Crippen LogP contribution in [0.2, 0.25) is 5.02 Å². The summed E-state index contributed by atoms with van der Waals surface area (Å²) in [5.74, 6) is -0.174. The lowest BCUT2D eigenvalue weighted by molar-refractivity contribution is -0.116. The van der Waals surface area contributed by atoms with Gasteiger partial charge < -0.3 is 5.32 Å². The molecule has 7 heteroatoms. The van der Waals surface area contributed by atoms with E-state index in [1.54, 1.807) is 21.8 Å². The van der Waals surface area contributed by atoms with Crippen molar-refractivity contribution in [2.24, 2.45) is 0 Å². The van der Waals surface area contributed by atoms with E-state index in [2.05, 4.69) is 15.5 Å². The lowest BCUT2D eigenvalue weighted by Gasteiger charge is -2.05. The van der Waals surface area contributed by atoms with Crippen LogP contribution >= 0.6 is 11.6 Å². The van der Waals surface area contributed by atoms with E-state index in [4.69, 9.17) is 11.6 Å². The lowest BCUT2D eigenvalue weighted by atomic mass is 10.2. The second kappa shape index (κ2) is 6.66. The number of hydrogen-bond acceptors (Lipinski definition) is 3. The van der Waals surface area contributed by atoms with E-state index in [0.29, 0.717) is 17.3 Å². The molecule has 1 aromatic carbocycles. The Hall–Kier alpha value is -2.60. The van der Waals surface area contributed by atoms with E-state index in [1.807, 2.05) is 37.3 Å². The monoisotopic (exact) mass is 329 g/mol. The summed E-state index contributed by atoms with van der Waals surface area (Å²) in [4.78, 5) is 12.1. The van der Waals surface area contributed by atoms with Gasteiger partial charge in [-0.1, -0.05) is 41.9 Å². The predicted molar refractivity (Wildman–Crippen MR) is 88.4 cm³/mol. The van der Waals surface area contributed by atoms with Crippen molar-refractivity contribution < 1.29 is 4.79 Å². The van der Waals surface area contributed by atoms with E-state index in [9.17, 15) is 4.79 Å². The Morgan fingerprint density at radius 3 is 2.70 bits per heavy atom. The molecule has 2 aromatic heterocycles. The quantitative estimate of drug-likeness (QED) is 0.782. The number of benzene rings is 1. The summed E-state index contributed by atoms with van der Waals surface area (Å²) in [5.41, 5.74) is 2.57. The van der Waals surface area contributed by atoms with Gasteiger partial charge in [0.2, 0.25) is 5.91 Å². The van der Waals surface area contributed by atoms with Crippen LogP contribution < -0.4 is 5.32 Å². The molecule has 0 saturated carbocycles. The van der Waals surface area contributed by atoms with Gasteiger partial charge in [0.1, 0.15) is 6.54 Å². The maximum Gasteiger partial charge on any atom is 0.246 e. The van der Waals surface area contributed by atoms with Gasteiger partial charge in [-0.2, -0.15) is 10.2 Å². The molecule has 3 rings (SSSR count). The van der Waals surface area contributed by atoms with Gasteiger partial charge in [0.05, 0.1) is 35.3 Å². The van der Waals surface area contributed by atoms with E-state index in [-0.39, 0.29) is 12.5 Å². The zero-order valence-corrected chi connectivity index (χ0v) is 13.4. The first-order chi connectivity index (χ1) is 11.1. The van der Waals surface area contributed by atoms with Crippen molar-refractivity contribution >= 4 is 23.2 Å². The molecular formula is C16H16ClN5O. The normalized spacial score (nSPS) is 10.7. The topological polar surface area (TPSA) is 64.7 Å². The molecule has 3 aromatic rings. The molecule has 0 bridgehead atoms. The average molecular weight is 330 g/mol. The van der Waals surface area contributed by atoms with Gasteiger partial charge in [-0.15, -0.1) is 0 Å². The highest BCUT2D eigenvalue weighted by Crippen LogP contribution is 2.13.